The minimum Gasteiger partial charge on any atom is -0.493 e. The molecule has 0 saturated carbocycles. The summed E-state index contributed by atoms with van der Waals surface area (Å²) in [5.74, 6) is -1.44. The van der Waals surface area contributed by atoms with Crippen molar-refractivity contribution in [3.63, 3.8) is 0 Å². The lowest BCUT2D eigenvalue weighted by molar-refractivity contribution is -0.144. The van der Waals surface area contributed by atoms with Gasteiger partial charge in [-0.1, -0.05) is 13.3 Å². The Labute approximate surface area is 228 Å². The molecule has 3 rings (SSSR count). The van der Waals surface area contributed by atoms with E-state index in [0.29, 0.717) is 38.0 Å². The minimum absolute atomic E-state index is 0.00292. The van der Waals surface area contributed by atoms with Gasteiger partial charge in [0.2, 0.25) is 10.0 Å². The Morgan fingerprint density at radius 1 is 1.13 bits per heavy atom. The van der Waals surface area contributed by atoms with Crippen molar-refractivity contribution < 1.29 is 32.3 Å². The molecule has 214 valence electrons. The molecule has 0 bridgehead atoms. The van der Waals surface area contributed by atoms with Crippen LogP contribution in [0.3, 0.4) is 0 Å². The molecule has 1 fully saturated rings. The van der Waals surface area contributed by atoms with Crippen molar-refractivity contribution in [2.75, 3.05) is 31.6 Å². The normalized spacial score (nSPS) is 14.7. The number of anilines is 1. The Hall–Kier alpha value is -3.45. The molecule has 12 nitrogen and oxygen atoms in total. The summed E-state index contributed by atoms with van der Waals surface area (Å²) in [5.41, 5.74) is 6.27. The lowest BCUT2D eigenvalue weighted by Gasteiger charge is -2.31. The van der Waals surface area contributed by atoms with Gasteiger partial charge in [0.15, 0.2) is 0 Å². The van der Waals surface area contributed by atoms with E-state index in [2.05, 4.69) is 10.4 Å². The largest absolute Gasteiger partial charge is 0.493 e. The molecule has 1 aliphatic rings. The predicted octanol–water partition coefficient (Wildman–Crippen LogP) is 2.48. The molecule has 0 spiro atoms. The van der Waals surface area contributed by atoms with Crippen LogP contribution in [0.25, 0.3) is 0 Å². The van der Waals surface area contributed by atoms with Gasteiger partial charge in [-0.2, -0.15) is 9.40 Å². The van der Waals surface area contributed by atoms with Gasteiger partial charge in [-0.15, -0.1) is 0 Å². The van der Waals surface area contributed by atoms with Crippen molar-refractivity contribution in [2.24, 2.45) is 18.7 Å². The molecule has 1 aromatic heterocycles. The summed E-state index contributed by atoms with van der Waals surface area (Å²) < 4.78 is 40.3. The Kier molecular flexibility index (Phi) is 10.1. The highest BCUT2D eigenvalue weighted by Crippen LogP contribution is 2.30. The fraction of sp³-hybridized carbons (Fsp3) is 0.538. The van der Waals surface area contributed by atoms with E-state index in [9.17, 15) is 22.8 Å². The number of primary amides is 1. The first kappa shape index (κ1) is 30.1. The number of carbonyl (C=O) groups excluding carboxylic acids is 3. The number of nitrogens with one attached hydrogen (secondary N) is 1. The third-order valence-corrected chi connectivity index (χ3v) is 8.44. The predicted molar refractivity (Wildman–Crippen MR) is 144 cm³/mol. The summed E-state index contributed by atoms with van der Waals surface area (Å²) in [4.78, 5) is 37.3. The minimum atomic E-state index is -3.93. The van der Waals surface area contributed by atoms with Crippen LogP contribution >= 0.6 is 0 Å². The van der Waals surface area contributed by atoms with Crippen LogP contribution in [0.1, 0.15) is 73.0 Å². The fourth-order valence-electron chi connectivity index (χ4n) is 4.67. The maximum atomic E-state index is 13.5. The number of rotatable bonds is 12. The highest BCUT2D eigenvalue weighted by Gasteiger charge is 2.32. The number of ether oxygens (including phenoxy) is 2. The monoisotopic (exact) mass is 563 g/mol. The van der Waals surface area contributed by atoms with Crippen molar-refractivity contribution in [3.05, 3.63) is 35.2 Å². The maximum absolute atomic E-state index is 13.5. The summed E-state index contributed by atoms with van der Waals surface area (Å²) in [6.07, 6.45) is 2.53. The topological polar surface area (TPSA) is 163 Å². The number of amides is 2. The van der Waals surface area contributed by atoms with E-state index < -0.39 is 21.8 Å². The van der Waals surface area contributed by atoms with Crippen molar-refractivity contribution in [2.45, 2.75) is 57.8 Å². The lowest BCUT2D eigenvalue weighted by atomic mass is 9.95. The third-order valence-electron chi connectivity index (χ3n) is 6.55. The van der Waals surface area contributed by atoms with Gasteiger partial charge in [0.05, 0.1) is 35.1 Å². The lowest BCUT2D eigenvalue weighted by Crippen LogP contribution is -2.39. The van der Waals surface area contributed by atoms with E-state index in [-0.39, 0.29) is 65.6 Å². The Morgan fingerprint density at radius 2 is 1.82 bits per heavy atom. The van der Waals surface area contributed by atoms with Gasteiger partial charge in [0, 0.05) is 26.6 Å². The number of sulfonamides is 1. The van der Waals surface area contributed by atoms with Gasteiger partial charge in [-0.25, -0.2) is 8.42 Å². The molecular formula is C26H37N5O7S. The number of hydrogen-bond acceptors (Lipinski definition) is 8. The number of nitrogens with zero attached hydrogens (tertiary/aromatic N) is 3. The highest BCUT2D eigenvalue weighted by molar-refractivity contribution is 7.89. The molecule has 0 unspecified atom stereocenters. The second-order valence-corrected chi connectivity index (χ2v) is 11.2. The van der Waals surface area contributed by atoms with Crippen molar-refractivity contribution in [3.8, 4) is 5.75 Å². The van der Waals surface area contributed by atoms with E-state index in [1.807, 2.05) is 6.92 Å². The molecule has 2 aromatic rings. The standard InChI is InChI=1S/C26H37N5O7S/c1-5-8-20-23(24(25(27)33)30(4)29-20)28-26(34)19-16-18(9-10-21(19)37-6-2)39(35,36)31-13-11-17(12-14-31)15-22(32)38-7-3/h9-10,16-17H,5-8,11-15H2,1-4H3,(H2,27,33)(H,28,34). The molecule has 1 saturated heterocycles. The number of piperidine rings is 1. The fourth-order valence-corrected chi connectivity index (χ4v) is 6.17. The van der Waals surface area contributed by atoms with E-state index in [0.717, 1.165) is 0 Å². The number of benzene rings is 1. The molecule has 1 aromatic carbocycles. The maximum Gasteiger partial charge on any atom is 0.306 e. The number of carbonyl (C=O) groups is 3. The molecule has 39 heavy (non-hydrogen) atoms. The number of aromatic nitrogens is 2. The van der Waals surface area contributed by atoms with Gasteiger partial charge >= 0.3 is 5.97 Å². The quantitative estimate of drug-likeness (QED) is 0.372. The van der Waals surface area contributed by atoms with Crippen LogP contribution in [-0.4, -0.2) is 66.6 Å². The van der Waals surface area contributed by atoms with Crippen LogP contribution in [0.5, 0.6) is 5.75 Å². The Bertz CT molecular complexity index is 1310. The van der Waals surface area contributed by atoms with Crippen molar-refractivity contribution in [1.82, 2.24) is 14.1 Å². The molecule has 0 radical (unpaired) electrons. The molecule has 0 aliphatic carbocycles. The third kappa shape index (κ3) is 6.95. The first-order valence-electron chi connectivity index (χ1n) is 13.1. The molecule has 1 aliphatic heterocycles. The van der Waals surface area contributed by atoms with Crippen LogP contribution in [0.15, 0.2) is 23.1 Å². The van der Waals surface area contributed by atoms with Crippen molar-refractivity contribution >= 4 is 33.5 Å². The van der Waals surface area contributed by atoms with E-state index in [4.69, 9.17) is 15.2 Å². The van der Waals surface area contributed by atoms with Gasteiger partial charge in [0.1, 0.15) is 11.4 Å². The molecule has 2 heterocycles. The van der Waals surface area contributed by atoms with Crippen LogP contribution < -0.4 is 15.8 Å². The molecule has 3 N–H and O–H groups in total. The van der Waals surface area contributed by atoms with Gasteiger partial charge < -0.3 is 20.5 Å². The smallest absolute Gasteiger partial charge is 0.306 e. The zero-order valence-electron chi connectivity index (χ0n) is 22.9. The zero-order chi connectivity index (χ0) is 28.7. The summed E-state index contributed by atoms with van der Waals surface area (Å²) in [6, 6.07) is 4.13. The van der Waals surface area contributed by atoms with Crippen LogP contribution in [0.4, 0.5) is 5.69 Å². The number of esters is 1. The molecule has 13 heteroatoms. The average Bonchev–Trinajstić information content (AvgIpc) is 3.19. The van der Waals surface area contributed by atoms with Gasteiger partial charge in [-0.05, 0) is 57.2 Å². The molecular weight excluding hydrogens is 526 g/mol. The first-order valence-corrected chi connectivity index (χ1v) is 14.6. The highest BCUT2D eigenvalue weighted by atomic mass is 32.2. The summed E-state index contributed by atoms with van der Waals surface area (Å²) >= 11 is 0. The van der Waals surface area contributed by atoms with Crippen LogP contribution in [0.2, 0.25) is 0 Å². The molecule has 2 amide bonds. The second-order valence-electron chi connectivity index (χ2n) is 9.31. The first-order chi connectivity index (χ1) is 18.5. The number of hydrogen-bond donors (Lipinski definition) is 2. The summed E-state index contributed by atoms with van der Waals surface area (Å²) in [6.45, 7) is 6.49. The molecule has 0 atom stereocenters. The zero-order valence-corrected chi connectivity index (χ0v) is 23.7. The number of aryl methyl sites for hydroxylation is 2. The SMILES string of the molecule is CCCc1nn(C)c(C(N)=O)c1NC(=O)c1cc(S(=O)(=O)N2CCC(CC(=O)OCC)CC2)ccc1OCC. The summed E-state index contributed by atoms with van der Waals surface area (Å²) in [5, 5.41) is 7.04. The Balaban J connectivity index is 1.88. The van der Waals surface area contributed by atoms with E-state index in [1.54, 1.807) is 20.9 Å². The second kappa shape index (κ2) is 13.1. The number of nitrogens with two attached hydrogens (primary N) is 1. The van der Waals surface area contributed by atoms with E-state index in [1.165, 1.54) is 27.2 Å². The Morgan fingerprint density at radius 3 is 2.41 bits per heavy atom. The van der Waals surface area contributed by atoms with Crippen LogP contribution in [0, 0.1) is 5.92 Å². The van der Waals surface area contributed by atoms with E-state index >= 15 is 0 Å². The van der Waals surface area contributed by atoms with Gasteiger partial charge in [0.25, 0.3) is 11.8 Å². The van der Waals surface area contributed by atoms with Crippen LogP contribution in [-0.2, 0) is 33.0 Å². The average molecular weight is 564 g/mol. The van der Waals surface area contributed by atoms with Crippen molar-refractivity contribution in [1.29, 1.82) is 0 Å². The summed E-state index contributed by atoms with van der Waals surface area (Å²) in [7, 11) is -2.37. The van der Waals surface area contributed by atoms with Gasteiger partial charge in [-0.3, -0.25) is 19.1 Å².